The number of unbranched alkanes of at least 4 members (excludes halogenated alkanes) is 1. The lowest BCUT2D eigenvalue weighted by molar-refractivity contribution is -0.864. The molecular weight excluding hydrogens is 338 g/mol. The standard InChI is InChI=1S/C14H17BrN3OS/c1-4-5-6-12-16-9-8-18(19-3)10-7-11(15)20-14(10)13(9)17(12)2/h7-8H,4-6H2,1-3H3/q+1. The average Bonchev–Trinajstić information content (AvgIpc) is 2.95. The number of pyridine rings is 1. The first-order chi connectivity index (χ1) is 9.65. The van der Waals surface area contributed by atoms with Gasteiger partial charge in [-0.3, -0.25) is 4.84 Å². The molecule has 0 saturated carbocycles. The molecule has 3 aromatic heterocycles. The molecule has 0 atom stereocenters. The molecule has 6 heteroatoms. The van der Waals surface area contributed by atoms with Crippen LogP contribution in [-0.2, 0) is 13.5 Å². The normalized spacial score (nSPS) is 11.6. The summed E-state index contributed by atoms with van der Waals surface area (Å²) in [6, 6.07) is 2.08. The van der Waals surface area contributed by atoms with Crippen LogP contribution in [0.2, 0.25) is 0 Å². The van der Waals surface area contributed by atoms with Gasteiger partial charge in [-0.05, 0) is 22.4 Å². The molecule has 106 valence electrons. The van der Waals surface area contributed by atoms with E-state index in [1.807, 2.05) is 6.20 Å². The number of thiophene rings is 1. The van der Waals surface area contributed by atoms with Crippen molar-refractivity contribution in [3.05, 3.63) is 21.9 Å². The molecule has 20 heavy (non-hydrogen) atoms. The van der Waals surface area contributed by atoms with Gasteiger partial charge in [-0.1, -0.05) is 13.3 Å². The minimum absolute atomic E-state index is 0.988. The van der Waals surface area contributed by atoms with E-state index in [1.165, 1.54) is 23.1 Å². The van der Waals surface area contributed by atoms with Crippen LogP contribution in [0, 0.1) is 0 Å². The first-order valence-corrected chi connectivity index (χ1v) is 8.30. The Hall–Kier alpha value is -1.14. The summed E-state index contributed by atoms with van der Waals surface area (Å²) in [5, 5.41) is 0. The van der Waals surface area contributed by atoms with Crippen LogP contribution < -0.4 is 9.57 Å². The Balaban J connectivity index is 2.31. The second-order valence-electron chi connectivity index (χ2n) is 4.83. The van der Waals surface area contributed by atoms with Crippen molar-refractivity contribution in [1.29, 1.82) is 0 Å². The van der Waals surface area contributed by atoms with Gasteiger partial charge in [-0.2, -0.15) is 0 Å². The highest BCUT2D eigenvalue weighted by Crippen LogP contribution is 2.33. The van der Waals surface area contributed by atoms with Crippen molar-refractivity contribution in [3.63, 3.8) is 0 Å². The third-order valence-electron chi connectivity index (χ3n) is 3.54. The second-order valence-corrected chi connectivity index (χ2v) is 7.26. The van der Waals surface area contributed by atoms with E-state index >= 15 is 0 Å². The summed E-state index contributed by atoms with van der Waals surface area (Å²) in [6.45, 7) is 2.20. The molecule has 0 unspecified atom stereocenters. The van der Waals surface area contributed by atoms with Crippen LogP contribution >= 0.6 is 27.3 Å². The Bertz CT molecular complexity index is 778. The van der Waals surface area contributed by atoms with Crippen molar-refractivity contribution in [2.45, 2.75) is 26.2 Å². The zero-order valence-corrected chi connectivity index (χ0v) is 14.2. The summed E-state index contributed by atoms with van der Waals surface area (Å²) in [5.74, 6) is 1.14. The van der Waals surface area contributed by atoms with E-state index in [0.29, 0.717) is 0 Å². The van der Waals surface area contributed by atoms with Gasteiger partial charge < -0.3 is 4.57 Å². The lowest BCUT2D eigenvalue weighted by Crippen LogP contribution is -2.40. The Morgan fingerprint density at radius 3 is 3.00 bits per heavy atom. The molecule has 3 rings (SSSR count). The van der Waals surface area contributed by atoms with E-state index in [0.717, 1.165) is 27.1 Å². The summed E-state index contributed by atoms with van der Waals surface area (Å²) >= 11 is 5.28. The van der Waals surface area contributed by atoms with E-state index in [9.17, 15) is 0 Å². The van der Waals surface area contributed by atoms with Crippen LogP contribution in [0.5, 0.6) is 0 Å². The summed E-state index contributed by atoms with van der Waals surface area (Å²) in [6.07, 6.45) is 5.33. The van der Waals surface area contributed by atoms with Gasteiger partial charge in [-0.25, -0.2) is 4.98 Å². The maximum atomic E-state index is 5.43. The minimum atomic E-state index is 0.988. The first-order valence-electron chi connectivity index (χ1n) is 6.69. The molecule has 0 aromatic carbocycles. The number of nitrogens with zero attached hydrogens (tertiary/aromatic N) is 3. The first kappa shape index (κ1) is 13.8. The number of halogens is 1. The molecule has 0 aliphatic rings. The number of imidazole rings is 1. The second kappa shape index (κ2) is 5.33. The minimum Gasteiger partial charge on any atom is -0.330 e. The lowest BCUT2D eigenvalue weighted by Gasteiger charge is -2.01. The predicted molar refractivity (Wildman–Crippen MR) is 85.1 cm³/mol. The summed E-state index contributed by atoms with van der Waals surface area (Å²) in [5.41, 5.74) is 3.25. The molecule has 0 aliphatic carbocycles. The zero-order chi connectivity index (χ0) is 14.3. The fourth-order valence-electron chi connectivity index (χ4n) is 2.50. The van der Waals surface area contributed by atoms with Gasteiger partial charge >= 0.3 is 0 Å². The molecule has 3 aromatic rings. The smallest absolute Gasteiger partial charge is 0.278 e. The largest absolute Gasteiger partial charge is 0.330 e. The summed E-state index contributed by atoms with van der Waals surface area (Å²) in [7, 11) is 3.78. The number of fused-ring (bicyclic) bond motifs is 3. The third-order valence-corrected chi connectivity index (χ3v) is 5.17. The van der Waals surface area contributed by atoms with Gasteiger partial charge in [0.15, 0.2) is 5.52 Å². The van der Waals surface area contributed by atoms with Crippen LogP contribution in [-0.4, -0.2) is 16.7 Å². The number of hydrogen-bond acceptors (Lipinski definition) is 3. The van der Waals surface area contributed by atoms with Crippen LogP contribution in [0.3, 0.4) is 0 Å². The fraction of sp³-hybridized carbons (Fsp3) is 0.429. The summed E-state index contributed by atoms with van der Waals surface area (Å²) < 4.78 is 6.31. The van der Waals surface area contributed by atoms with Crippen molar-refractivity contribution in [1.82, 2.24) is 9.55 Å². The van der Waals surface area contributed by atoms with Crippen molar-refractivity contribution >= 4 is 48.5 Å². The van der Waals surface area contributed by atoms with Crippen molar-refractivity contribution in [3.8, 4) is 0 Å². The van der Waals surface area contributed by atoms with E-state index in [-0.39, 0.29) is 0 Å². The molecule has 3 heterocycles. The molecule has 0 bridgehead atoms. The third kappa shape index (κ3) is 2.11. The maximum Gasteiger partial charge on any atom is 0.278 e. The Kier molecular flexibility index (Phi) is 3.69. The molecule has 0 amide bonds. The number of rotatable bonds is 4. The van der Waals surface area contributed by atoms with Gasteiger partial charge in [0.1, 0.15) is 17.6 Å². The van der Waals surface area contributed by atoms with Crippen molar-refractivity contribution in [2.75, 3.05) is 7.11 Å². The quantitative estimate of drug-likeness (QED) is 0.673. The molecular formula is C14H17BrN3OS+. The number of hydrogen-bond donors (Lipinski definition) is 0. The Labute approximate surface area is 130 Å². The highest BCUT2D eigenvalue weighted by atomic mass is 79.9. The van der Waals surface area contributed by atoms with Crippen molar-refractivity contribution < 1.29 is 9.57 Å². The van der Waals surface area contributed by atoms with E-state index in [1.54, 1.807) is 23.2 Å². The zero-order valence-electron chi connectivity index (χ0n) is 11.8. The van der Waals surface area contributed by atoms with Gasteiger partial charge in [0, 0.05) is 24.3 Å². The Morgan fingerprint density at radius 2 is 2.30 bits per heavy atom. The lowest BCUT2D eigenvalue weighted by atomic mass is 10.2. The monoisotopic (exact) mass is 354 g/mol. The SMILES string of the molecule is CCCCc1nc2c[n+](OC)c3cc(Br)sc3c2n1C. The van der Waals surface area contributed by atoms with Gasteiger partial charge in [0.25, 0.3) is 11.7 Å². The van der Waals surface area contributed by atoms with Gasteiger partial charge in [-0.15, -0.1) is 11.3 Å². The molecule has 4 nitrogen and oxygen atoms in total. The molecule has 0 N–H and O–H groups in total. The molecule has 0 fully saturated rings. The van der Waals surface area contributed by atoms with Crippen LogP contribution in [0.1, 0.15) is 25.6 Å². The highest BCUT2D eigenvalue weighted by Gasteiger charge is 2.22. The number of aromatic nitrogens is 3. The van der Waals surface area contributed by atoms with E-state index in [2.05, 4.69) is 40.5 Å². The predicted octanol–water partition coefficient (Wildman–Crippen LogP) is 3.24. The fourth-order valence-corrected chi connectivity index (χ4v) is 4.16. The topological polar surface area (TPSA) is 30.9 Å². The van der Waals surface area contributed by atoms with Crippen LogP contribution in [0.25, 0.3) is 21.3 Å². The molecule has 0 aliphatic heterocycles. The maximum absolute atomic E-state index is 5.43. The average molecular weight is 355 g/mol. The Morgan fingerprint density at radius 1 is 1.50 bits per heavy atom. The van der Waals surface area contributed by atoms with Crippen molar-refractivity contribution in [2.24, 2.45) is 7.05 Å². The van der Waals surface area contributed by atoms with E-state index < -0.39 is 0 Å². The van der Waals surface area contributed by atoms with E-state index in [4.69, 9.17) is 9.82 Å². The van der Waals surface area contributed by atoms with Crippen LogP contribution in [0.15, 0.2) is 16.0 Å². The van der Waals surface area contributed by atoms with Gasteiger partial charge in [0.2, 0.25) is 0 Å². The molecule has 0 spiro atoms. The highest BCUT2D eigenvalue weighted by molar-refractivity contribution is 9.11. The summed E-state index contributed by atoms with van der Waals surface area (Å²) in [4.78, 5) is 10.2. The molecule has 0 saturated heterocycles. The molecule has 0 radical (unpaired) electrons. The number of aryl methyl sites for hydroxylation is 2. The van der Waals surface area contributed by atoms with Gasteiger partial charge in [0.05, 0.1) is 9.30 Å². The van der Waals surface area contributed by atoms with Crippen LogP contribution in [0.4, 0.5) is 0 Å².